The number of phenolic OH excluding ortho intramolecular Hbond substituents is 1. The molecule has 0 aliphatic rings. The molecular weight excluding hydrogens is 262 g/mol. The van der Waals surface area contributed by atoms with E-state index in [-0.39, 0.29) is 5.75 Å². The number of aromatic nitrogens is 3. The van der Waals surface area contributed by atoms with Crippen LogP contribution in [0.5, 0.6) is 5.75 Å². The minimum atomic E-state index is 0.168. The third kappa shape index (κ3) is 2.30. The fourth-order valence-corrected chi connectivity index (χ4v) is 1.91. The minimum Gasteiger partial charge on any atom is -0.507 e. The lowest BCUT2D eigenvalue weighted by molar-refractivity contribution is 0.477. The van der Waals surface area contributed by atoms with Gasteiger partial charge in [-0.15, -0.1) is 0 Å². The van der Waals surface area contributed by atoms with E-state index in [0.29, 0.717) is 22.2 Å². The summed E-state index contributed by atoms with van der Waals surface area (Å²) in [5, 5.41) is 17.4. The molecule has 5 heteroatoms. The summed E-state index contributed by atoms with van der Waals surface area (Å²) in [5.74, 6) is 1.26. The normalized spacial score (nSPS) is 10.6. The highest BCUT2D eigenvalue weighted by Gasteiger charge is 2.10. The van der Waals surface area contributed by atoms with Crippen LogP contribution < -0.4 is 0 Å². The number of rotatable bonds is 2. The first kappa shape index (κ1) is 11.7. The molecule has 0 saturated heterocycles. The second-order valence-electron chi connectivity index (χ2n) is 4.03. The Morgan fingerprint density at radius 2 is 1.74 bits per heavy atom. The van der Waals surface area contributed by atoms with E-state index < -0.39 is 0 Å². The first-order valence-corrected chi connectivity index (χ1v) is 6.08. The highest BCUT2D eigenvalue weighted by Crippen LogP contribution is 2.27. The number of nitrogens with zero attached hydrogens (tertiary/aromatic N) is 2. The maximum Gasteiger partial charge on any atom is 0.181 e. The first-order chi connectivity index (χ1) is 9.24. The molecule has 0 unspecified atom stereocenters. The lowest BCUT2D eigenvalue weighted by Gasteiger charge is -1.98. The maximum atomic E-state index is 9.77. The molecule has 4 nitrogen and oxygen atoms in total. The van der Waals surface area contributed by atoms with E-state index in [1.54, 1.807) is 30.3 Å². The largest absolute Gasteiger partial charge is 0.507 e. The van der Waals surface area contributed by atoms with E-state index in [2.05, 4.69) is 15.2 Å². The van der Waals surface area contributed by atoms with Crippen molar-refractivity contribution in [1.82, 2.24) is 15.2 Å². The van der Waals surface area contributed by atoms with Crippen LogP contribution in [0.4, 0.5) is 0 Å². The molecule has 3 rings (SSSR count). The van der Waals surface area contributed by atoms with Gasteiger partial charge in [0, 0.05) is 10.6 Å². The van der Waals surface area contributed by atoms with Crippen molar-refractivity contribution >= 4 is 11.6 Å². The molecule has 0 atom stereocenters. The molecule has 2 N–H and O–H groups in total. The molecule has 94 valence electrons. The van der Waals surface area contributed by atoms with Crippen LogP contribution in [0.2, 0.25) is 5.02 Å². The van der Waals surface area contributed by atoms with Crippen LogP contribution in [0.15, 0.2) is 48.5 Å². The SMILES string of the molecule is Oc1ccccc1-c1nc(-c2ccc(Cl)cc2)n[nH]1. The number of phenols is 1. The average molecular weight is 272 g/mol. The quantitative estimate of drug-likeness (QED) is 0.750. The van der Waals surface area contributed by atoms with Gasteiger partial charge in [-0.1, -0.05) is 23.7 Å². The van der Waals surface area contributed by atoms with Crippen LogP contribution in [-0.2, 0) is 0 Å². The van der Waals surface area contributed by atoms with Crippen molar-refractivity contribution in [2.75, 3.05) is 0 Å². The second kappa shape index (κ2) is 4.74. The number of hydrogen-bond donors (Lipinski definition) is 2. The van der Waals surface area contributed by atoms with E-state index in [1.165, 1.54) is 0 Å². The Bertz CT molecular complexity index is 707. The molecule has 2 aromatic carbocycles. The van der Waals surface area contributed by atoms with E-state index >= 15 is 0 Å². The van der Waals surface area contributed by atoms with Gasteiger partial charge < -0.3 is 5.11 Å². The summed E-state index contributed by atoms with van der Waals surface area (Å²) in [6, 6.07) is 14.2. The molecule has 0 bridgehead atoms. The summed E-state index contributed by atoms with van der Waals surface area (Å²) >= 11 is 5.84. The monoisotopic (exact) mass is 271 g/mol. The third-order valence-electron chi connectivity index (χ3n) is 2.75. The lowest BCUT2D eigenvalue weighted by Crippen LogP contribution is -1.82. The molecule has 0 aliphatic carbocycles. The van der Waals surface area contributed by atoms with Crippen molar-refractivity contribution in [2.24, 2.45) is 0 Å². The Morgan fingerprint density at radius 1 is 1.00 bits per heavy atom. The van der Waals surface area contributed by atoms with Crippen LogP contribution in [0, 0.1) is 0 Å². The van der Waals surface area contributed by atoms with Gasteiger partial charge in [0.1, 0.15) is 5.75 Å². The standard InChI is InChI=1S/C14H10ClN3O/c15-10-7-5-9(6-8-10)13-16-14(18-17-13)11-3-1-2-4-12(11)19/h1-8,19H,(H,16,17,18). The van der Waals surface area contributed by atoms with Gasteiger partial charge in [0.15, 0.2) is 11.6 Å². The molecule has 3 aromatic rings. The molecule has 1 aromatic heterocycles. The van der Waals surface area contributed by atoms with Gasteiger partial charge in [0.2, 0.25) is 0 Å². The highest BCUT2D eigenvalue weighted by molar-refractivity contribution is 6.30. The summed E-state index contributed by atoms with van der Waals surface area (Å²) in [6.45, 7) is 0. The number of H-pyrrole nitrogens is 1. The molecule has 19 heavy (non-hydrogen) atoms. The predicted molar refractivity (Wildman–Crippen MR) is 73.9 cm³/mol. The van der Waals surface area contributed by atoms with Gasteiger partial charge in [-0.2, -0.15) is 5.10 Å². The Hall–Kier alpha value is -2.33. The Balaban J connectivity index is 2.00. The van der Waals surface area contributed by atoms with Crippen LogP contribution in [0.1, 0.15) is 0 Å². The van der Waals surface area contributed by atoms with Crippen LogP contribution in [-0.4, -0.2) is 20.3 Å². The average Bonchev–Trinajstić information content (AvgIpc) is 2.89. The number of hydrogen-bond acceptors (Lipinski definition) is 3. The van der Waals surface area contributed by atoms with Crippen molar-refractivity contribution < 1.29 is 5.11 Å². The van der Waals surface area contributed by atoms with Crippen LogP contribution in [0.25, 0.3) is 22.8 Å². The number of aromatic hydroxyl groups is 1. The highest BCUT2D eigenvalue weighted by atomic mass is 35.5. The van der Waals surface area contributed by atoms with Gasteiger partial charge in [-0.3, -0.25) is 5.10 Å². The van der Waals surface area contributed by atoms with E-state index in [0.717, 1.165) is 5.56 Å². The van der Waals surface area contributed by atoms with E-state index in [1.807, 2.05) is 18.2 Å². The smallest absolute Gasteiger partial charge is 0.181 e. The molecule has 0 saturated carbocycles. The Labute approximate surface area is 114 Å². The number of para-hydroxylation sites is 1. The number of nitrogens with one attached hydrogen (secondary N) is 1. The molecular formula is C14H10ClN3O. The zero-order valence-corrected chi connectivity index (χ0v) is 10.6. The summed E-state index contributed by atoms with van der Waals surface area (Å²) in [7, 11) is 0. The molecule has 0 amide bonds. The number of benzene rings is 2. The molecule has 0 radical (unpaired) electrons. The Morgan fingerprint density at radius 3 is 2.47 bits per heavy atom. The van der Waals surface area contributed by atoms with Gasteiger partial charge in [-0.25, -0.2) is 4.98 Å². The molecule has 1 heterocycles. The van der Waals surface area contributed by atoms with Gasteiger partial charge in [0.25, 0.3) is 0 Å². The van der Waals surface area contributed by atoms with Crippen molar-refractivity contribution in [1.29, 1.82) is 0 Å². The van der Waals surface area contributed by atoms with Gasteiger partial charge >= 0.3 is 0 Å². The van der Waals surface area contributed by atoms with Gasteiger partial charge in [-0.05, 0) is 36.4 Å². The summed E-state index contributed by atoms with van der Waals surface area (Å²) in [6.07, 6.45) is 0. The summed E-state index contributed by atoms with van der Waals surface area (Å²) in [4.78, 5) is 4.37. The molecule has 0 spiro atoms. The minimum absolute atomic E-state index is 0.168. The number of aromatic amines is 1. The van der Waals surface area contributed by atoms with Crippen molar-refractivity contribution in [3.63, 3.8) is 0 Å². The van der Waals surface area contributed by atoms with E-state index in [9.17, 15) is 5.11 Å². The maximum absolute atomic E-state index is 9.77. The zero-order chi connectivity index (χ0) is 13.2. The second-order valence-corrected chi connectivity index (χ2v) is 4.47. The fraction of sp³-hybridized carbons (Fsp3) is 0. The van der Waals surface area contributed by atoms with Crippen LogP contribution in [0.3, 0.4) is 0 Å². The van der Waals surface area contributed by atoms with Crippen molar-refractivity contribution in [3.05, 3.63) is 53.6 Å². The van der Waals surface area contributed by atoms with E-state index in [4.69, 9.17) is 11.6 Å². The topological polar surface area (TPSA) is 61.8 Å². The number of halogens is 1. The molecule has 0 fully saturated rings. The van der Waals surface area contributed by atoms with Crippen LogP contribution >= 0.6 is 11.6 Å². The zero-order valence-electron chi connectivity index (χ0n) is 9.84. The first-order valence-electron chi connectivity index (χ1n) is 5.71. The van der Waals surface area contributed by atoms with Crippen molar-refractivity contribution in [3.8, 4) is 28.5 Å². The van der Waals surface area contributed by atoms with Gasteiger partial charge in [0.05, 0.1) is 5.56 Å². The third-order valence-corrected chi connectivity index (χ3v) is 3.00. The fourth-order valence-electron chi connectivity index (χ4n) is 1.78. The lowest BCUT2D eigenvalue weighted by atomic mass is 10.2. The molecule has 0 aliphatic heterocycles. The predicted octanol–water partition coefficient (Wildman–Crippen LogP) is 3.50. The summed E-state index contributed by atoms with van der Waals surface area (Å²) < 4.78 is 0. The summed E-state index contributed by atoms with van der Waals surface area (Å²) in [5.41, 5.74) is 1.48. The van der Waals surface area contributed by atoms with Crippen molar-refractivity contribution in [2.45, 2.75) is 0 Å². The Kier molecular flexibility index (Phi) is 2.93.